The molecule has 1 amide bonds. The zero-order chi connectivity index (χ0) is 66.6. The van der Waals surface area contributed by atoms with Crippen LogP contribution < -0.4 is 5.32 Å². The number of aliphatic hydroxyl groups is 8. The summed E-state index contributed by atoms with van der Waals surface area (Å²) in [6.45, 7) is 2.68. The van der Waals surface area contributed by atoms with Crippen molar-refractivity contribution in [3.63, 3.8) is 0 Å². The van der Waals surface area contributed by atoms with Crippen LogP contribution in [-0.2, 0) is 23.7 Å². The molecule has 0 bridgehead atoms. The van der Waals surface area contributed by atoms with Crippen LogP contribution in [0.1, 0.15) is 284 Å². The highest BCUT2D eigenvalue weighted by atomic mass is 16.7. The van der Waals surface area contributed by atoms with Gasteiger partial charge in [-0.05, 0) is 96.3 Å². The molecule has 2 saturated heterocycles. The number of rotatable bonds is 60. The number of allylic oxidation sites excluding steroid dienone is 17. The van der Waals surface area contributed by atoms with Crippen LogP contribution in [0.25, 0.3) is 0 Å². The van der Waals surface area contributed by atoms with Gasteiger partial charge < -0.3 is 65.1 Å². The van der Waals surface area contributed by atoms with E-state index < -0.39 is 86.8 Å². The molecule has 0 aliphatic carbocycles. The lowest BCUT2D eigenvalue weighted by Crippen LogP contribution is -2.65. The van der Waals surface area contributed by atoms with Crippen LogP contribution in [0.15, 0.2) is 109 Å². The molecular formula is C78H135NO13. The standard InChI is InChI=1S/C78H135NO13/c1-3-5-7-9-11-13-15-17-19-21-23-25-26-27-28-29-30-31-32-33-34-35-36-37-38-39-40-42-44-46-48-50-52-54-56-58-60-62-70(83)79-66(67(82)61-59-57-55-53-51-49-47-45-43-41-24-22-20-18-16-14-12-10-8-6-4-2)65-89-77-75(88)73(86)76(69(64-81)91-77)92-78-74(87)72(85)71(84)68(63-80)90-78/h5,7,11,13,17,19,23,25,27-28,30-31,43,45,51,53,59,61,66-69,71-78,80-82,84-88H,3-4,6,8-10,12,14-16,18,20-22,24,26,29,32-42,44,46-50,52,54-58,60,62-65H2,1-2H3,(H,79,83)/b7-5-,13-11-,19-17-,25-23-,28-27-,31-30-,45-43+,53-51+,61-59+. The van der Waals surface area contributed by atoms with Crippen LogP contribution >= 0.6 is 0 Å². The molecule has 2 aliphatic heterocycles. The number of nitrogens with one attached hydrogen (secondary N) is 1. The maximum Gasteiger partial charge on any atom is 0.220 e. The van der Waals surface area contributed by atoms with Crippen molar-refractivity contribution in [1.82, 2.24) is 5.32 Å². The Morgan fingerprint density at radius 1 is 0.402 bits per heavy atom. The molecular weight excluding hydrogens is 1160 g/mol. The van der Waals surface area contributed by atoms with E-state index >= 15 is 0 Å². The first-order chi connectivity index (χ1) is 45.1. The monoisotopic (exact) mass is 1290 g/mol. The Bertz CT molecular complexity index is 1960. The van der Waals surface area contributed by atoms with Crippen molar-refractivity contribution < 1.29 is 64.6 Å². The van der Waals surface area contributed by atoms with Gasteiger partial charge in [0.2, 0.25) is 5.91 Å². The molecule has 92 heavy (non-hydrogen) atoms. The second kappa shape index (κ2) is 61.3. The van der Waals surface area contributed by atoms with Crippen LogP contribution in [0.3, 0.4) is 0 Å². The van der Waals surface area contributed by atoms with Gasteiger partial charge in [0.15, 0.2) is 12.6 Å². The highest BCUT2D eigenvalue weighted by molar-refractivity contribution is 5.76. The van der Waals surface area contributed by atoms with E-state index in [2.05, 4.69) is 116 Å². The molecule has 14 heteroatoms. The summed E-state index contributed by atoms with van der Waals surface area (Å²) in [7, 11) is 0. The molecule has 12 atom stereocenters. The molecule has 530 valence electrons. The Kier molecular flexibility index (Phi) is 56.4. The van der Waals surface area contributed by atoms with Gasteiger partial charge in [0, 0.05) is 6.42 Å². The first kappa shape index (κ1) is 84.7. The number of hydrogen-bond acceptors (Lipinski definition) is 13. The van der Waals surface area contributed by atoms with Crippen LogP contribution in [0.4, 0.5) is 0 Å². The number of amides is 1. The van der Waals surface area contributed by atoms with Crippen molar-refractivity contribution >= 4 is 5.91 Å². The van der Waals surface area contributed by atoms with E-state index in [1.54, 1.807) is 6.08 Å². The molecule has 2 heterocycles. The van der Waals surface area contributed by atoms with E-state index in [-0.39, 0.29) is 18.9 Å². The summed E-state index contributed by atoms with van der Waals surface area (Å²) in [6, 6.07) is -0.944. The number of hydrogen-bond donors (Lipinski definition) is 9. The Morgan fingerprint density at radius 3 is 1.20 bits per heavy atom. The average molecular weight is 1290 g/mol. The minimum absolute atomic E-state index is 0.253. The number of ether oxygens (including phenoxy) is 4. The van der Waals surface area contributed by atoms with Gasteiger partial charge in [0.25, 0.3) is 0 Å². The van der Waals surface area contributed by atoms with Gasteiger partial charge in [0.05, 0.1) is 32.0 Å². The Balaban J connectivity index is 1.63. The lowest BCUT2D eigenvalue weighted by Gasteiger charge is -2.46. The SMILES string of the molecule is CC/C=C\C/C=C\C/C=C\C/C=C\C/C=C\C/C=C\CCCCCCCCCCCCCCCCCCCCC(=O)NC(COC1OC(CO)C(OC2OC(CO)C(O)C(O)C2O)C(O)C1O)C(O)/C=C/CC/C=C/CC/C=C/CCCCCCCCCCCCC. The fourth-order valence-electron chi connectivity index (χ4n) is 11.6. The van der Waals surface area contributed by atoms with Gasteiger partial charge in [-0.3, -0.25) is 4.79 Å². The highest BCUT2D eigenvalue weighted by Crippen LogP contribution is 2.30. The molecule has 2 aliphatic rings. The summed E-state index contributed by atoms with van der Waals surface area (Å²) >= 11 is 0. The zero-order valence-electron chi connectivity index (χ0n) is 57.8. The third kappa shape index (κ3) is 44.4. The van der Waals surface area contributed by atoms with Crippen molar-refractivity contribution in [3.05, 3.63) is 109 Å². The molecule has 2 fully saturated rings. The normalized spacial score (nSPS) is 23.3. The molecule has 0 saturated carbocycles. The van der Waals surface area contributed by atoms with E-state index in [1.165, 1.54) is 167 Å². The Labute approximate surface area is 559 Å². The zero-order valence-corrected chi connectivity index (χ0v) is 57.8. The van der Waals surface area contributed by atoms with Gasteiger partial charge in [-0.1, -0.05) is 290 Å². The maximum atomic E-state index is 13.3. The fraction of sp³-hybridized carbons (Fsp3) is 0.756. The van der Waals surface area contributed by atoms with Gasteiger partial charge >= 0.3 is 0 Å². The Morgan fingerprint density at radius 2 is 0.761 bits per heavy atom. The lowest BCUT2D eigenvalue weighted by atomic mass is 9.97. The van der Waals surface area contributed by atoms with Crippen molar-refractivity contribution in [3.8, 4) is 0 Å². The number of carbonyl (C=O) groups is 1. The van der Waals surface area contributed by atoms with E-state index in [4.69, 9.17) is 18.9 Å². The molecule has 2 rings (SSSR count). The molecule has 0 aromatic rings. The summed E-state index contributed by atoms with van der Waals surface area (Å²) in [5.41, 5.74) is 0. The fourth-order valence-corrected chi connectivity index (χ4v) is 11.6. The van der Waals surface area contributed by atoms with Crippen LogP contribution in [0.5, 0.6) is 0 Å². The van der Waals surface area contributed by atoms with Crippen LogP contribution in [0, 0.1) is 0 Å². The highest BCUT2D eigenvalue weighted by Gasteiger charge is 2.51. The van der Waals surface area contributed by atoms with E-state index in [0.717, 1.165) is 83.5 Å². The third-order valence-electron chi connectivity index (χ3n) is 17.4. The summed E-state index contributed by atoms with van der Waals surface area (Å²) in [5, 5.41) is 87.5. The molecule has 0 radical (unpaired) electrons. The van der Waals surface area contributed by atoms with Crippen molar-refractivity contribution in [2.45, 2.75) is 357 Å². The van der Waals surface area contributed by atoms with Crippen molar-refractivity contribution in [2.24, 2.45) is 0 Å². The van der Waals surface area contributed by atoms with Crippen molar-refractivity contribution in [2.75, 3.05) is 19.8 Å². The summed E-state index contributed by atoms with van der Waals surface area (Å²) in [4.78, 5) is 13.3. The topological polar surface area (TPSA) is 228 Å². The van der Waals surface area contributed by atoms with Gasteiger partial charge in [0.1, 0.15) is 48.8 Å². The van der Waals surface area contributed by atoms with Gasteiger partial charge in [-0.2, -0.15) is 0 Å². The predicted octanol–water partition coefficient (Wildman–Crippen LogP) is 15.9. The largest absolute Gasteiger partial charge is 0.394 e. The van der Waals surface area contributed by atoms with E-state index in [0.29, 0.717) is 12.8 Å². The second-order valence-electron chi connectivity index (χ2n) is 25.7. The number of aliphatic hydroxyl groups excluding tert-OH is 8. The summed E-state index contributed by atoms with van der Waals surface area (Å²) < 4.78 is 22.8. The predicted molar refractivity (Wildman–Crippen MR) is 378 cm³/mol. The first-order valence-electron chi connectivity index (χ1n) is 37.1. The van der Waals surface area contributed by atoms with Gasteiger partial charge in [-0.25, -0.2) is 0 Å². The number of unbranched alkanes of at least 4 members (excludes halogenated alkanes) is 31. The van der Waals surface area contributed by atoms with E-state index in [9.17, 15) is 45.6 Å². The minimum atomic E-state index is -1.80. The quantitative estimate of drug-likeness (QED) is 0.0204. The van der Waals surface area contributed by atoms with Crippen molar-refractivity contribution in [1.29, 1.82) is 0 Å². The lowest BCUT2D eigenvalue weighted by molar-refractivity contribution is -0.359. The molecule has 0 spiro atoms. The molecule has 9 N–H and O–H groups in total. The average Bonchev–Trinajstić information content (AvgIpc) is 0.915. The van der Waals surface area contributed by atoms with Crippen LogP contribution in [0.2, 0.25) is 0 Å². The Hall–Kier alpha value is -3.35. The smallest absolute Gasteiger partial charge is 0.220 e. The summed E-state index contributed by atoms with van der Waals surface area (Å²) in [6.07, 6.45) is 71.5. The molecule has 14 nitrogen and oxygen atoms in total. The molecule has 0 aromatic heterocycles. The maximum absolute atomic E-state index is 13.3. The first-order valence-corrected chi connectivity index (χ1v) is 37.1. The summed E-state index contributed by atoms with van der Waals surface area (Å²) in [5.74, 6) is -0.253. The van der Waals surface area contributed by atoms with E-state index in [1.807, 2.05) is 6.08 Å². The third-order valence-corrected chi connectivity index (χ3v) is 17.4. The van der Waals surface area contributed by atoms with Gasteiger partial charge in [-0.15, -0.1) is 0 Å². The molecule has 12 unspecified atom stereocenters. The number of carbonyl (C=O) groups excluding carboxylic acids is 1. The van der Waals surface area contributed by atoms with Crippen LogP contribution in [-0.4, -0.2) is 140 Å². The second-order valence-corrected chi connectivity index (χ2v) is 25.7. The minimum Gasteiger partial charge on any atom is -0.394 e. The molecule has 0 aromatic carbocycles.